The van der Waals surface area contributed by atoms with Crippen LogP contribution in [0.15, 0.2) is 22.7 Å². The van der Waals surface area contributed by atoms with Crippen LogP contribution in [0.3, 0.4) is 0 Å². The van der Waals surface area contributed by atoms with Gasteiger partial charge in [-0.2, -0.15) is 0 Å². The Morgan fingerprint density at radius 2 is 2.26 bits per heavy atom. The van der Waals surface area contributed by atoms with Crippen molar-refractivity contribution in [3.05, 3.63) is 33.3 Å². The second-order valence-electron chi connectivity index (χ2n) is 4.79. The van der Waals surface area contributed by atoms with Gasteiger partial charge in [0.1, 0.15) is 0 Å². The number of likely N-dealkylation sites (tertiary alicyclic amines) is 1. The first kappa shape index (κ1) is 14.5. The summed E-state index contributed by atoms with van der Waals surface area (Å²) < 4.78 is 0.661. The van der Waals surface area contributed by atoms with Gasteiger partial charge >= 0.3 is 0 Å². The molecule has 19 heavy (non-hydrogen) atoms. The number of carbonyl (C=O) groups excluding carboxylic acids is 2. The summed E-state index contributed by atoms with van der Waals surface area (Å²) in [6.45, 7) is 2.60. The third-order valence-corrected chi connectivity index (χ3v) is 4.23. The van der Waals surface area contributed by atoms with Crippen molar-refractivity contribution in [1.29, 1.82) is 0 Å². The van der Waals surface area contributed by atoms with E-state index >= 15 is 0 Å². The van der Waals surface area contributed by atoms with E-state index in [2.05, 4.69) is 22.9 Å². The molecule has 1 aromatic carbocycles. The maximum Gasteiger partial charge on any atom is 0.261 e. The molecule has 0 N–H and O–H groups in total. The zero-order chi connectivity index (χ0) is 14.0. The Kier molecular flexibility index (Phi) is 4.63. The van der Waals surface area contributed by atoms with Gasteiger partial charge in [-0.25, -0.2) is 0 Å². The summed E-state index contributed by atoms with van der Waals surface area (Å²) >= 11 is 9.23. The molecule has 1 unspecified atom stereocenters. The standard InChI is InChI=1S/C14H15BrClNO2/c1-2-3-9-6-13(18)17(8-9)14(19)11-7-10(16)4-5-12(11)15/h4-5,7,9H,2-3,6,8H2,1H3. The summed E-state index contributed by atoms with van der Waals surface area (Å²) in [4.78, 5) is 25.7. The third kappa shape index (κ3) is 3.18. The fourth-order valence-electron chi connectivity index (χ4n) is 2.39. The molecule has 1 saturated heterocycles. The van der Waals surface area contributed by atoms with Crippen LogP contribution >= 0.6 is 27.5 Å². The molecule has 1 aliphatic heterocycles. The molecule has 0 aromatic heterocycles. The number of carbonyl (C=O) groups is 2. The highest BCUT2D eigenvalue weighted by Gasteiger charge is 2.34. The monoisotopic (exact) mass is 343 g/mol. The highest BCUT2D eigenvalue weighted by atomic mass is 79.9. The number of amides is 2. The second-order valence-corrected chi connectivity index (χ2v) is 6.08. The lowest BCUT2D eigenvalue weighted by Gasteiger charge is -2.15. The third-order valence-electron chi connectivity index (χ3n) is 3.31. The number of benzene rings is 1. The molecule has 0 aliphatic carbocycles. The fraction of sp³-hybridized carbons (Fsp3) is 0.429. The maximum absolute atomic E-state index is 12.4. The van der Waals surface area contributed by atoms with Gasteiger partial charge in [0.05, 0.1) is 5.56 Å². The van der Waals surface area contributed by atoms with Gasteiger partial charge in [0, 0.05) is 22.5 Å². The molecule has 0 saturated carbocycles. The molecule has 0 spiro atoms. The minimum Gasteiger partial charge on any atom is -0.278 e. The van der Waals surface area contributed by atoms with E-state index in [0.29, 0.717) is 33.9 Å². The van der Waals surface area contributed by atoms with Gasteiger partial charge in [0.2, 0.25) is 5.91 Å². The molecule has 0 radical (unpaired) electrons. The highest BCUT2D eigenvalue weighted by molar-refractivity contribution is 9.10. The van der Waals surface area contributed by atoms with Crippen LogP contribution in [-0.2, 0) is 4.79 Å². The minimum atomic E-state index is -0.266. The summed E-state index contributed by atoms with van der Waals surface area (Å²) in [5, 5.41) is 0.489. The van der Waals surface area contributed by atoms with E-state index in [-0.39, 0.29) is 11.8 Å². The minimum absolute atomic E-state index is 0.0877. The lowest BCUT2D eigenvalue weighted by atomic mass is 10.0. The smallest absolute Gasteiger partial charge is 0.261 e. The van der Waals surface area contributed by atoms with Gasteiger partial charge in [-0.1, -0.05) is 24.9 Å². The van der Waals surface area contributed by atoms with E-state index in [1.807, 2.05) is 0 Å². The number of nitrogens with zero attached hydrogens (tertiary/aromatic N) is 1. The van der Waals surface area contributed by atoms with E-state index in [0.717, 1.165) is 12.8 Å². The maximum atomic E-state index is 12.4. The molecule has 1 aliphatic rings. The summed E-state index contributed by atoms with van der Waals surface area (Å²) in [6, 6.07) is 5.02. The topological polar surface area (TPSA) is 37.4 Å². The predicted molar refractivity (Wildman–Crippen MR) is 78.2 cm³/mol. The number of imide groups is 1. The van der Waals surface area contributed by atoms with Gasteiger partial charge < -0.3 is 0 Å². The average molecular weight is 345 g/mol. The Hall–Kier alpha value is -0.870. The molecule has 2 amide bonds. The van der Waals surface area contributed by atoms with Crippen LogP contribution in [0.5, 0.6) is 0 Å². The SMILES string of the molecule is CCCC1CC(=O)N(C(=O)c2cc(Cl)ccc2Br)C1. The van der Waals surface area contributed by atoms with Crippen molar-refractivity contribution in [3.8, 4) is 0 Å². The van der Waals surface area contributed by atoms with Crippen molar-refractivity contribution in [3.63, 3.8) is 0 Å². The van der Waals surface area contributed by atoms with Gasteiger partial charge in [-0.3, -0.25) is 14.5 Å². The first-order chi connectivity index (χ1) is 9.02. The normalized spacial score (nSPS) is 19.0. The molecule has 2 rings (SSSR count). The van der Waals surface area contributed by atoms with Crippen LogP contribution in [-0.4, -0.2) is 23.3 Å². The van der Waals surface area contributed by atoms with E-state index in [4.69, 9.17) is 11.6 Å². The summed E-state index contributed by atoms with van der Waals surface area (Å²) in [6.07, 6.45) is 2.48. The van der Waals surface area contributed by atoms with Crippen LogP contribution in [0.25, 0.3) is 0 Å². The zero-order valence-corrected chi connectivity index (χ0v) is 13.0. The van der Waals surface area contributed by atoms with Crippen LogP contribution in [0, 0.1) is 5.92 Å². The quantitative estimate of drug-likeness (QED) is 0.780. The average Bonchev–Trinajstić information content (AvgIpc) is 2.73. The first-order valence-electron chi connectivity index (χ1n) is 6.32. The van der Waals surface area contributed by atoms with E-state index in [1.165, 1.54) is 4.90 Å². The van der Waals surface area contributed by atoms with Crippen molar-refractivity contribution in [2.45, 2.75) is 26.2 Å². The zero-order valence-electron chi connectivity index (χ0n) is 10.7. The molecule has 3 nitrogen and oxygen atoms in total. The largest absolute Gasteiger partial charge is 0.278 e. The van der Waals surface area contributed by atoms with Crippen molar-refractivity contribution in [1.82, 2.24) is 4.90 Å². The van der Waals surface area contributed by atoms with Crippen molar-refractivity contribution >= 4 is 39.3 Å². The van der Waals surface area contributed by atoms with Crippen molar-refractivity contribution in [2.75, 3.05) is 6.54 Å². The number of hydrogen-bond acceptors (Lipinski definition) is 2. The predicted octanol–water partition coefficient (Wildman–Crippen LogP) is 3.89. The van der Waals surface area contributed by atoms with Gasteiger partial charge in [0.15, 0.2) is 0 Å². The summed E-state index contributed by atoms with van der Waals surface area (Å²) in [7, 11) is 0. The van der Waals surface area contributed by atoms with Crippen LogP contribution in [0.2, 0.25) is 5.02 Å². The van der Waals surface area contributed by atoms with Crippen LogP contribution < -0.4 is 0 Å². The molecule has 1 heterocycles. The Morgan fingerprint density at radius 1 is 1.53 bits per heavy atom. The molecular formula is C14H15BrClNO2. The number of hydrogen-bond donors (Lipinski definition) is 0. The van der Waals surface area contributed by atoms with Gasteiger partial charge in [-0.05, 0) is 46.5 Å². The Bertz CT molecular complexity index is 518. The Morgan fingerprint density at radius 3 is 2.95 bits per heavy atom. The van der Waals surface area contributed by atoms with E-state index in [9.17, 15) is 9.59 Å². The lowest BCUT2D eigenvalue weighted by molar-refractivity contribution is -0.125. The van der Waals surface area contributed by atoms with Gasteiger partial charge in [0.25, 0.3) is 5.91 Å². The Labute approximate surface area is 126 Å². The lowest BCUT2D eigenvalue weighted by Crippen LogP contribution is -2.32. The van der Waals surface area contributed by atoms with Crippen LogP contribution in [0.1, 0.15) is 36.5 Å². The molecule has 0 bridgehead atoms. The molecule has 1 aromatic rings. The fourth-order valence-corrected chi connectivity index (χ4v) is 2.97. The van der Waals surface area contributed by atoms with E-state index < -0.39 is 0 Å². The molecule has 1 fully saturated rings. The summed E-state index contributed by atoms with van der Waals surface area (Å²) in [5.74, 6) is -0.0623. The highest BCUT2D eigenvalue weighted by Crippen LogP contribution is 2.27. The van der Waals surface area contributed by atoms with Crippen molar-refractivity contribution < 1.29 is 9.59 Å². The second kappa shape index (κ2) is 6.06. The molecule has 102 valence electrons. The van der Waals surface area contributed by atoms with Crippen molar-refractivity contribution in [2.24, 2.45) is 5.92 Å². The number of halogens is 2. The summed E-state index contributed by atoms with van der Waals surface area (Å²) in [5.41, 5.74) is 0.443. The molecule has 5 heteroatoms. The Balaban J connectivity index is 2.20. The van der Waals surface area contributed by atoms with Gasteiger partial charge in [-0.15, -0.1) is 0 Å². The molecular weight excluding hydrogens is 330 g/mol. The van der Waals surface area contributed by atoms with Crippen LogP contribution in [0.4, 0.5) is 0 Å². The van der Waals surface area contributed by atoms with E-state index in [1.54, 1.807) is 18.2 Å². The first-order valence-corrected chi connectivity index (χ1v) is 7.49. The molecule has 1 atom stereocenters. The number of rotatable bonds is 3.